The van der Waals surface area contributed by atoms with Gasteiger partial charge in [0.2, 0.25) is 5.91 Å². The van der Waals surface area contributed by atoms with E-state index in [2.05, 4.69) is 25.4 Å². The van der Waals surface area contributed by atoms with E-state index in [1.165, 1.54) is 6.92 Å². The molecule has 3 rings (SSSR count). The predicted octanol–water partition coefficient (Wildman–Crippen LogP) is 3.21. The van der Waals surface area contributed by atoms with Crippen molar-refractivity contribution < 1.29 is 9.59 Å². The second kappa shape index (κ2) is 8.30. The minimum atomic E-state index is -0.327. The molecule has 0 aliphatic heterocycles. The quantitative estimate of drug-likeness (QED) is 0.530. The molecular weight excluding hydrogens is 354 g/mol. The molecule has 0 saturated heterocycles. The summed E-state index contributed by atoms with van der Waals surface area (Å²) >= 11 is 0. The van der Waals surface area contributed by atoms with Gasteiger partial charge in [0.25, 0.3) is 5.91 Å². The predicted molar refractivity (Wildman–Crippen MR) is 109 cm³/mol. The van der Waals surface area contributed by atoms with Crippen molar-refractivity contribution in [2.75, 3.05) is 5.32 Å². The minimum absolute atomic E-state index is 0.161. The number of amides is 2. The monoisotopic (exact) mass is 375 g/mol. The van der Waals surface area contributed by atoms with Gasteiger partial charge in [0.15, 0.2) is 0 Å². The lowest BCUT2D eigenvalue weighted by molar-refractivity contribution is -0.114. The van der Waals surface area contributed by atoms with Crippen molar-refractivity contribution in [2.24, 2.45) is 5.10 Å². The molecule has 0 fully saturated rings. The molecule has 0 atom stereocenters. The Morgan fingerprint density at radius 2 is 1.89 bits per heavy atom. The van der Waals surface area contributed by atoms with Crippen LogP contribution in [0.4, 0.5) is 5.69 Å². The summed E-state index contributed by atoms with van der Waals surface area (Å²) in [7, 11) is 0. The highest BCUT2D eigenvalue weighted by atomic mass is 16.2. The number of nitrogens with zero attached hydrogens (tertiary/aromatic N) is 3. The first-order valence-electron chi connectivity index (χ1n) is 8.76. The van der Waals surface area contributed by atoms with Crippen molar-refractivity contribution >= 4 is 23.7 Å². The first-order chi connectivity index (χ1) is 13.5. The van der Waals surface area contributed by atoms with Crippen LogP contribution >= 0.6 is 0 Å². The number of aryl methyl sites for hydroxylation is 1. The van der Waals surface area contributed by atoms with Gasteiger partial charge in [-0.05, 0) is 56.3 Å². The largest absolute Gasteiger partial charge is 0.326 e. The summed E-state index contributed by atoms with van der Waals surface area (Å²) in [5, 5.41) is 6.73. The maximum atomic E-state index is 12.2. The van der Waals surface area contributed by atoms with E-state index < -0.39 is 0 Å². The molecule has 2 aromatic heterocycles. The van der Waals surface area contributed by atoms with E-state index in [1.54, 1.807) is 42.9 Å². The highest BCUT2D eigenvalue weighted by molar-refractivity contribution is 5.96. The third-order valence-corrected chi connectivity index (χ3v) is 4.21. The zero-order valence-electron chi connectivity index (χ0n) is 15.9. The van der Waals surface area contributed by atoms with Crippen molar-refractivity contribution in [3.63, 3.8) is 0 Å². The number of aromatic nitrogens is 2. The highest BCUT2D eigenvalue weighted by Gasteiger charge is 2.10. The minimum Gasteiger partial charge on any atom is -0.326 e. The maximum Gasteiger partial charge on any atom is 0.271 e. The van der Waals surface area contributed by atoms with Gasteiger partial charge < -0.3 is 9.88 Å². The fraction of sp³-hybridized carbons (Fsp3) is 0.143. The van der Waals surface area contributed by atoms with Crippen molar-refractivity contribution in [1.82, 2.24) is 15.0 Å². The molecule has 3 aromatic rings. The Balaban J connectivity index is 1.69. The number of hydrazone groups is 1. The van der Waals surface area contributed by atoms with Crippen LogP contribution in [0.3, 0.4) is 0 Å². The number of benzene rings is 1. The first kappa shape index (κ1) is 19.0. The average molecular weight is 375 g/mol. The van der Waals surface area contributed by atoms with Gasteiger partial charge in [0.05, 0.1) is 18.1 Å². The van der Waals surface area contributed by atoms with Gasteiger partial charge in [-0.25, -0.2) is 5.43 Å². The Hall–Kier alpha value is -3.74. The van der Waals surface area contributed by atoms with Crippen LogP contribution in [0.25, 0.3) is 5.69 Å². The molecular formula is C21H21N5O2. The molecule has 142 valence electrons. The van der Waals surface area contributed by atoms with Crippen LogP contribution in [0.2, 0.25) is 0 Å². The average Bonchev–Trinajstić information content (AvgIpc) is 2.96. The number of nitrogens with one attached hydrogen (secondary N) is 2. The van der Waals surface area contributed by atoms with Gasteiger partial charge in [0.1, 0.15) is 0 Å². The van der Waals surface area contributed by atoms with Gasteiger partial charge >= 0.3 is 0 Å². The lowest BCUT2D eigenvalue weighted by Crippen LogP contribution is -2.17. The smallest absolute Gasteiger partial charge is 0.271 e. The lowest BCUT2D eigenvalue weighted by Gasteiger charge is -2.08. The molecule has 2 amide bonds. The lowest BCUT2D eigenvalue weighted by atomic mass is 10.2. The molecule has 0 aliphatic rings. The van der Waals surface area contributed by atoms with Crippen LogP contribution in [0.1, 0.15) is 34.2 Å². The molecule has 7 heteroatoms. The molecule has 0 saturated carbocycles. The number of hydrogen-bond acceptors (Lipinski definition) is 4. The molecule has 0 radical (unpaired) electrons. The Bertz CT molecular complexity index is 1020. The number of anilines is 1. The Morgan fingerprint density at radius 1 is 1.14 bits per heavy atom. The van der Waals surface area contributed by atoms with Gasteiger partial charge in [-0.15, -0.1) is 0 Å². The standard InChI is InChI=1S/C21H21N5O2/c1-14-11-18(15(2)26(14)20-5-4-10-22-13-20)12-23-25-21(28)17-6-8-19(9-7-17)24-16(3)27/h4-13H,1-3H3,(H,24,27)(H,25,28)/b23-12-. The Labute approximate surface area is 163 Å². The summed E-state index contributed by atoms with van der Waals surface area (Å²) in [6.07, 6.45) is 5.16. The summed E-state index contributed by atoms with van der Waals surface area (Å²) in [5.41, 5.74) is 7.54. The molecule has 2 N–H and O–H groups in total. The third-order valence-electron chi connectivity index (χ3n) is 4.21. The van der Waals surface area contributed by atoms with E-state index in [9.17, 15) is 9.59 Å². The van der Waals surface area contributed by atoms with Gasteiger partial charge in [0, 0.05) is 41.3 Å². The second-order valence-electron chi connectivity index (χ2n) is 6.33. The molecule has 0 unspecified atom stereocenters. The summed E-state index contributed by atoms with van der Waals surface area (Å²) in [6.45, 7) is 5.43. The molecule has 28 heavy (non-hydrogen) atoms. The summed E-state index contributed by atoms with van der Waals surface area (Å²) < 4.78 is 2.08. The van der Waals surface area contributed by atoms with E-state index in [4.69, 9.17) is 0 Å². The number of pyridine rings is 1. The van der Waals surface area contributed by atoms with Crippen molar-refractivity contribution in [2.45, 2.75) is 20.8 Å². The summed E-state index contributed by atoms with van der Waals surface area (Å²) in [6, 6.07) is 12.5. The number of carbonyl (C=O) groups excluding carboxylic acids is 2. The normalized spacial score (nSPS) is 10.8. The topological polar surface area (TPSA) is 88.4 Å². The van der Waals surface area contributed by atoms with E-state index >= 15 is 0 Å². The van der Waals surface area contributed by atoms with E-state index in [-0.39, 0.29) is 11.8 Å². The first-order valence-corrected chi connectivity index (χ1v) is 8.76. The highest BCUT2D eigenvalue weighted by Crippen LogP contribution is 2.18. The molecule has 0 bridgehead atoms. The third kappa shape index (κ3) is 4.32. The van der Waals surface area contributed by atoms with Crippen LogP contribution in [0.15, 0.2) is 60.0 Å². The number of carbonyl (C=O) groups is 2. The van der Waals surface area contributed by atoms with Gasteiger partial charge in [-0.3, -0.25) is 14.6 Å². The van der Waals surface area contributed by atoms with Crippen LogP contribution in [-0.4, -0.2) is 27.6 Å². The van der Waals surface area contributed by atoms with Crippen molar-refractivity contribution in [1.29, 1.82) is 0 Å². The number of hydrogen-bond donors (Lipinski definition) is 2. The fourth-order valence-electron chi connectivity index (χ4n) is 2.93. The van der Waals surface area contributed by atoms with E-state index in [0.717, 1.165) is 22.6 Å². The zero-order chi connectivity index (χ0) is 20.1. The molecule has 0 spiro atoms. The SMILES string of the molecule is CC(=O)Nc1ccc(C(=O)N/N=C\c2cc(C)n(-c3cccnc3)c2C)cc1. The Kier molecular flexibility index (Phi) is 5.64. The number of rotatable bonds is 5. The van der Waals surface area contributed by atoms with Crippen molar-refractivity contribution in [3.05, 3.63) is 77.4 Å². The van der Waals surface area contributed by atoms with Gasteiger partial charge in [-0.2, -0.15) is 5.10 Å². The summed E-state index contributed by atoms with van der Waals surface area (Å²) in [4.78, 5) is 27.4. The second-order valence-corrected chi connectivity index (χ2v) is 6.33. The van der Waals surface area contributed by atoms with E-state index in [1.807, 2.05) is 32.0 Å². The van der Waals surface area contributed by atoms with Gasteiger partial charge in [-0.1, -0.05) is 0 Å². The molecule has 7 nitrogen and oxygen atoms in total. The maximum absolute atomic E-state index is 12.2. The zero-order valence-corrected chi connectivity index (χ0v) is 15.9. The van der Waals surface area contributed by atoms with Crippen LogP contribution in [0, 0.1) is 13.8 Å². The fourth-order valence-corrected chi connectivity index (χ4v) is 2.93. The molecule has 1 aromatic carbocycles. The van der Waals surface area contributed by atoms with E-state index in [0.29, 0.717) is 11.3 Å². The Morgan fingerprint density at radius 3 is 2.54 bits per heavy atom. The van der Waals surface area contributed by atoms with Crippen LogP contribution in [0.5, 0.6) is 0 Å². The van der Waals surface area contributed by atoms with Crippen LogP contribution in [-0.2, 0) is 4.79 Å². The molecule has 0 aliphatic carbocycles. The van der Waals surface area contributed by atoms with Crippen LogP contribution < -0.4 is 10.7 Å². The van der Waals surface area contributed by atoms with Crippen molar-refractivity contribution in [3.8, 4) is 5.69 Å². The summed E-state index contributed by atoms with van der Waals surface area (Å²) in [5.74, 6) is -0.489. The molecule has 2 heterocycles.